The van der Waals surface area contributed by atoms with E-state index in [4.69, 9.17) is 9.47 Å². The van der Waals surface area contributed by atoms with E-state index in [1.165, 1.54) is 5.56 Å². The average molecular weight is 358 g/mol. The number of aryl methyl sites for hydroxylation is 1. The number of benzene rings is 2. The van der Waals surface area contributed by atoms with E-state index in [1.54, 1.807) is 14.0 Å². The second-order valence-corrected chi connectivity index (χ2v) is 6.49. The summed E-state index contributed by atoms with van der Waals surface area (Å²) in [5.41, 5.74) is 3.50. The van der Waals surface area contributed by atoms with Gasteiger partial charge in [0.2, 0.25) is 0 Å². The van der Waals surface area contributed by atoms with Crippen LogP contribution in [-0.4, -0.2) is 38.0 Å². The van der Waals surface area contributed by atoms with Crippen LogP contribution in [0.3, 0.4) is 0 Å². The Bertz CT molecular complexity index is 674. The molecule has 0 radical (unpaired) electrons. The number of rotatable bonds is 11. The largest absolute Gasteiger partial charge is 0.493 e. The van der Waals surface area contributed by atoms with Crippen molar-refractivity contribution in [1.29, 1.82) is 0 Å². The predicted molar refractivity (Wildman–Crippen MR) is 105 cm³/mol. The number of aliphatic hydroxyl groups excluding tert-OH is 1. The topological polar surface area (TPSA) is 62.8 Å². The van der Waals surface area contributed by atoms with Crippen LogP contribution in [-0.2, 0) is 13.2 Å². The van der Waals surface area contributed by atoms with Crippen molar-refractivity contribution in [2.75, 3.05) is 26.7 Å². The van der Waals surface area contributed by atoms with Gasteiger partial charge in [-0.05, 0) is 37.1 Å². The normalized spacial score (nSPS) is 12.0. The molecule has 26 heavy (non-hydrogen) atoms. The van der Waals surface area contributed by atoms with Gasteiger partial charge in [0.15, 0.2) is 11.5 Å². The van der Waals surface area contributed by atoms with E-state index in [0.717, 1.165) is 42.3 Å². The van der Waals surface area contributed by atoms with Crippen LogP contribution in [0.25, 0.3) is 0 Å². The van der Waals surface area contributed by atoms with Crippen LogP contribution in [0.4, 0.5) is 0 Å². The molecule has 0 aliphatic rings. The Hall–Kier alpha value is -2.08. The highest BCUT2D eigenvalue weighted by atomic mass is 16.5. The van der Waals surface area contributed by atoms with Gasteiger partial charge in [-0.1, -0.05) is 35.9 Å². The number of aliphatic hydroxyl groups is 1. The monoisotopic (exact) mass is 358 g/mol. The average Bonchev–Trinajstić information content (AvgIpc) is 2.63. The molecule has 2 aromatic carbocycles. The third-order valence-corrected chi connectivity index (χ3v) is 3.95. The van der Waals surface area contributed by atoms with Crippen molar-refractivity contribution in [2.24, 2.45) is 0 Å². The summed E-state index contributed by atoms with van der Waals surface area (Å²) in [6, 6.07) is 14.3. The summed E-state index contributed by atoms with van der Waals surface area (Å²) < 4.78 is 11.4. The van der Waals surface area contributed by atoms with Gasteiger partial charge in [-0.15, -0.1) is 0 Å². The summed E-state index contributed by atoms with van der Waals surface area (Å²) in [5.74, 6) is 1.49. The zero-order chi connectivity index (χ0) is 18.8. The van der Waals surface area contributed by atoms with E-state index in [2.05, 4.69) is 35.8 Å². The molecule has 0 fully saturated rings. The minimum atomic E-state index is -0.313. The summed E-state index contributed by atoms with van der Waals surface area (Å²) in [4.78, 5) is 0. The Labute approximate surface area is 156 Å². The van der Waals surface area contributed by atoms with Crippen molar-refractivity contribution in [1.82, 2.24) is 10.6 Å². The maximum Gasteiger partial charge on any atom is 0.161 e. The summed E-state index contributed by atoms with van der Waals surface area (Å²) in [6.45, 7) is 7.39. The summed E-state index contributed by atoms with van der Waals surface area (Å²) in [6.07, 6.45) is -0.313. The molecule has 1 atom stereocenters. The molecule has 2 aromatic rings. The van der Waals surface area contributed by atoms with E-state index in [-0.39, 0.29) is 6.10 Å². The fourth-order valence-electron chi connectivity index (χ4n) is 2.62. The first-order chi connectivity index (χ1) is 12.6. The molecule has 0 saturated carbocycles. The zero-order valence-corrected chi connectivity index (χ0v) is 15.9. The van der Waals surface area contributed by atoms with Crippen LogP contribution in [0.2, 0.25) is 0 Å². The van der Waals surface area contributed by atoms with Crippen molar-refractivity contribution in [3.05, 3.63) is 59.2 Å². The Morgan fingerprint density at radius 1 is 1.00 bits per heavy atom. The van der Waals surface area contributed by atoms with Crippen molar-refractivity contribution in [2.45, 2.75) is 33.1 Å². The Kier molecular flexibility index (Phi) is 8.41. The van der Waals surface area contributed by atoms with Gasteiger partial charge in [0.1, 0.15) is 6.61 Å². The summed E-state index contributed by atoms with van der Waals surface area (Å²) >= 11 is 0. The highest BCUT2D eigenvalue weighted by molar-refractivity contribution is 5.43. The van der Waals surface area contributed by atoms with Gasteiger partial charge in [-0.3, -0.25) is 0 Å². The third-order valence-electron chi connectivity index (χ3n) is 3.95. The second-order valence-electron chi connectivity index (χ2n) is 6.49. The van der Waals surface area contributed by atoms with Crippen LogP contribution in [0.1, 0.15) is 23.6 Å². The lowest BCUT2D eigenvalue weighted by Gasteiger charge is -2.13. The maximum absolute atomic E-state index is 9.19. The number of hydrogen-bond donors (Lipinski definition) is 3. The van der Waals surface area contributed by atoms with Gasteiger partial charge in [0, 0.05) is 26.2 Å². The maximum atomic E-state index is 9.19. The van der Waals surface area contributed by atoms with Gasteiger partial charge in [0.05, 0.1) is 13.2 Å². The highest BCUT2D eigenvalue weighted by Crippen LogP contribution is 2.28. The van der Waals surface area contributed by atoms with Crippen LogP contribution < -0.4 is 20.1 Å². The van der Waals surface area contributed by atoms with Crippen molar-refractivity contribution < 1.29 is 14.6 Å². The second kappa shape index (κ2) is 10.8. The number of ether oxygens (including phenoxy) is 2. The quantitative estimate of drug-likeness (QED) is 0.539. The smallest absolute Gasteiger partial charge is 0.161 e. The molecule has 0 heterocycles. The molecule has 142 valence electrons. The van der Waals surface area contributed by atoms with Crippen LogP contribution >= 0.6 is 0 Å². The molecule has 0 amide bonds. The molecule has 0 unspecified atom stereocenters. The fourth-order valence-corrected chi connectivity index (χ4v) is 2.62. The van der Waals surface area contributed by atoms with Gasteiger partial charge in [-0.2, -0.15) is 0 Å². The fraction of sp³-hybridized carbons (Fsp3) is 0.429. The van der Waals surface area contributed by atoms with E-state index < -0.39 is 0 Å². The molecule has 3 N–H and O–H groups in total. The Morgan fingerprint density at radius 2 is 1.81 bits per heavy atom. The van der Waals surface area contributed by atoms with E-state index in [0.29, 0.717) is 13.2 Å². The number of nitrogens with one attached hydrogen (secondary N) is 2. The molecular formula is C21H30N2O3. The molecule has 2 rings (SSSR count). The van der Waals surface area contributed by atoms with Crippen molar-refractivity contribution in [3.63, 3.8) is 0 Å². The van der Waals surface area contributed by atoms with Crippen LogP contribution in [0.15, 0.2) is 42.5 Å². The SMILES string of the molecule is COc1cc(CNCCNC[C@H](C)O)ccc1OCc1cccc(C)c1. The first-order valence-electron chi connectivity index (χ1n) is 9.03. The standard InChI is InChI=1S/C21H30N2O3/c1-16-5-4-6-19(11-16)15-26-20-8-7-18(12-21(20)25-3)14-23-10-9-22-13-17(2)24/h4-8,11-12,17,22-24H,9-10,13-15H2,1-3H3/t17-/m0/s1. The lowest BCUT2D eigenvalue weighted by Crippen LogP contribution is -2.31. The lowest BCUT2D eigenvalue weighted by molar-refractivity contribution is 0.191. The molecule has 0 aromatic heterocycles. The van der Waals surface area contributed by atoms with E-state index in [1.807, 2.05) is 24.3 Å². The lowest BCUT2D eigenvalue weighted by atomic mass is 10.1. The molecule has 5 heteroatoms. The Morgan fingerprint density at radius 3 is 2.54 bits per heavy atom. The van der Waals surface area contributed by atoms with Crippen LogP contribution in [0, 0.1) is 6.92 Å². The molecule has 0 spiro atoms. The van der Waals surface area contributed by atoms with Crippen LogP contribution in [0.5, 0.6) is 11.5 Å². The molecule has 0 aliphatic heterocycles. The highest BCUT2D eigenvalue weighted by Gasteiger charge is 2.06. The van der Waals surface area contributed by atoms with Gasteiger partial charge < -0.3 is 25.2 Å². The summed E-state index contributed by atoms with van der Waals surface area (Å²) in [5, 5.41) is 15.7. The molecule has 0 aliphatic carbocycles. The number of methoxy groups -OCH3 is 1. The van der Waals surface area contributed by atoms with Gasteiger partial charge in [0.25, 0.3) is 0 Å². The molecular weight excluding hydrogens is 328 g/mol. The van der Waals surface area contributed by atoms with E-state index in [9.17, 15) is 5.11 Å². The third kappa shape index (κ3) is 7.04. The minimum absolute atomic E-state index is 0.313. The van der Waals surface area contributed by atoms with Crippen molar-refractivity contribution in [3.8, 4) is 11.5 Å². The molecule has 5 nitrogen and oxygen atoms in total. The van der Waals surface area contributed by atoms with Gasteiger partial charge >= 0.3 is 0 Å². The minimum Gasteiger partial charge on any atom is -0.493 e. The summed E-state index contributed by atoms with van der Waals surface area (Å²) in [7, 11) is 1.66. The molecule has 0 bridgehead atoms. The first kappa shape index (κ1) is 20.2. The predicted octanol–water partition coefficient (Wildman–Crippen LogP) is 2.64. The van der Waals surface area contributed by atoms with Gasteiger partial charge in [-0.25, -0.2) is 0 Å². The first-order valence-corrected chi connectivity index (χ1v) is 9.03. The van der Waals surface area contributed by atoms with Crippen molar-refractivity contribution >= 4 is 0 Å². The van der Waals surface area contributed by atoms with E-state index >= 15 is 0 Å². The Balaban J connectivity index is 1.82. The molecule has 0 saturated heterocycles. The zero-order valence-electron chi connectivity index (χ0n) is 15.9. The number of hydrogen-bond acceptors (Lipinski definition) is 5.